The Morgan fingerprint density at radius 1 is 1.44 bits per heavy atom. The molecular formula is C11H12N2O3. The van der Waals surface area contributed by atoms with E-state index >= 15 is 0 Å². The van der Waals surface area contributed by atoms with Gasteiger partial charge in [-0.15, -0.1) is 0 Å². The lowest BCUT2D eigenvalue weighted by Crippen LogP contribution is -2.31. The molecular weight excluding hydrogens is 208 g/mol. The van der Waals surface area contributed by atoms with Gasteiger partial charge in [0.15, 0.2) is 0 Å². The lowest BCUT2D eigenvalue weighted by molar-refractivity contribution is 0.486. The Bertz CT molecular complexity index is 578. The molecule has 5 heteroatoms. The first-order chi connectivity index (χ1) is 7.70. The molecule has 0 atom stereocenters. The average Bonchev–Trinajstić information content (AvgIpc) is 2.75. The van der Waals surface area contributed by atoms with E-state index in [0.29, 0.717) is 24.3 Å². The minimum absolute atomic E-state index is 0.316. The molecule has 2 rings (SSSR count). The van der Waals surface area contributed by atoms with E-state index in [0.717, 1.165) is 0 Å². The van der Waals surface area contributed by atoms with E-state index in [1.165, 1.54) is 4.57 Å². The first kappa shape index (κ1) is 10.5. The van der Waals surface area contributed by atoms with E-state index in [4.69, 9.17) is 4.42 Å². The SMILES string of the molecule is CCc1cn(Cc2ccco2)c(=O)[nH]c1=O. The molecule has 16 heavy (non-hydrogen) atoms. The van der Waals surface area contributed by atoms with Crippen molar-refractivity contribution in [2.45, 2.75) is 19.9 Å². The molecule has 2 heterocycles. The van der Waals surface area contributed by atoms with Crippen molar-refractivity contribution < 1.29 is 4.42 Å². The fourth-order valence-corrected chi connectivity index (χ4v) is 1.49. The Morgan fingerprint density at radius 2 is 2.25 bits per heavy atom. The van der Waals surface area contributed by atoms with Crippen molar-refractivity contribution in [2.24, 2.45) is 0 Å². The fraction of sp³-hybridized carbons (Fsp3) is 0.273. The van der Waals surface area contributed by atoms with Gasteiger partial charge >= 0.3 is 5.69 Å². The highest BCUT2D eigenvalue weighted by molar-refractivity contribution is 5.06. The van der Waals surface area contributed by atoms with Gasteiger partial charge in [0.25, 0.3) is 5.56 Å². The highest BCUT2D eigenvalue weighted by Gasteiger charge is 2.04. The van der Waals surface area contributed by atoms with Crippen molar-refractivity contribution in [3.63, 3.8) is 0 Å². The van der Waals surface area contributed by atoms with E-state index < -0.39 is 5.69 Å². The molecule has 0 saturated carbocycles. The highest BCUT2D eigenvalue weighted by atomic mass is 16.3. The van der Waals surface area contributed by atoms with Crippen molar-refractivity contribution in [3.8, 4) is 0 Å². The molecule has 0 aliphatic heterocycles. The molecule has 2 aromatic rings. The van der Waals surface area contributed by atoms with Gasteiger partial charge in [-0.05, 0) is 18.6 Å². The summed E-state index contributed by atoms with van der Waals surface area (Å²) >= 11 is 0. The summed E-state index contributed by atoms with van der Waals surface area (Å²) in [4.78, 5) is 25.1. The third-order valence-corrected chi connectivity index (χ3v) is 2.37. The maximum Gasteiger partial charge on any atom is 0.328 e. The van der Waals surface area contributed by atoms with Crippen molar-refractivity contribution >= 4 is 0 Å². The molecule has 0 spiro atoms. The Labute approximate surface area is 91.3 Å². The van der Waals surface area contributed by atoms with Crippen LogP contribution in [0, 0.1) is 0 Å². The minimum atomic E-state index is -0.418. The highest BCUT2D eigenvalue weighted by Crippen LogP contribution is 2.01. The largest absolute Gasteiger partial charge is 0.467 e. The maximum atomic E-state index is 11.5. The number of furan rings is 1. The van der Waals surface area contributed by atoms with Crippen LogP contribution in [0.25, 0.3) is 0 Å². The number of nitrogens with zero attached hydrogens (tertiary/aromatic N) is 1. The monoisotopic (exact) mass is 220 g/mol. The molecule has 0 fully saturated rings. The summed E-state index contributed by atoms with van der Waals surface area (Å²) in [7, 11) is 0. The van der Waals surface area contributed by atoms with Crippen LogP contribution in [0.15, 0.2) is 38.6 Å². The Balaban J connectivity index is 2.41. The lowest BCUT2D eigenvalue weighted by Gasteiger charge is -2.04. The van der Waals surface area contributed by atoms with Gasteiger partial charge in [-0.3, -0.25) is 14.3 Å². The summed E-state index contributed by atoms with van der Waals surface area (Å²) in [5.74, 6) is 0.677. The topological polar surface area (TPSA) is 68.0 Å². The number of nitrogens with one attached hydrogen (secondary N) is 1. The number of H-pyrrole nitrogens is 1. The van der Waals surface area contributed by atoms with Gasteiger partial charge in [0.2, 0.25) is 0 Å². The maximum absolute atomic E-state index is 11.5. The number of rotatable bonds is 3. The summed E-state index contributed by atoms with van der Waals surface area (Å²) in [5.41, 5.74) is -0.145. The molecule has 0 amide bonds. The standard InChI is InChI=1S/C11H12N2O3/c1-2-8-6-13(11(15)12-10(8)14)7-9-4-3-5-16-9/h3-6H,2,7H2,1H3,(H,12,14,15). The van der Waals surface area contributed by atoms with Crippen LogP contribution in [0.1, 0.15) is 18.2 Å². The average molecular weight is 220 g/mol. The number of aromatic amines is 1. The normalized spacial score (nSPS) is 10.6. The van der Waals surface area contributed by atoms with Crippen molar-refractivity contribution in [1.82, 2.24) is 9.55 Å². The zero-order valence-electron chi connectivity index (χ0n) is 8.90. The van der Waals surface area contributed by atoms with E-state index in [2.05, 4.69) is 4.98 Å². The lowest BCUT2D eigenvalue weighted by atomic mass is 10.2. The van der Waals surface area contributed by atoms with Gasteiger partial charge in [-0.25, -0.2) is 4.79 Å². The van der Waals surface area contributed by atoms with Crippen LogP contribution in [-0.2, 0) is 13.0 Å². The van der Waals surface area contributed by atoms with Crippen LogP contribution >= 0.6 is 0 Å². The molecule has 0 aliphatic rings. The molecule has 2 aromatic heterocycles. The fourth-order valence-electron chi connectivity index (χ4n) is 1.49. The van der Waals surface area contributed by atoms with E-state index in [-0.39, 0.29) is 5.56 Å². The third-order valence-electron chi connectivity index (χ3n) is 2.37. The second-order valence-corrected chi connectivity index (χ2v) is 3.47. The quantitative estimate of drug-likeness (QED) is 0.829. The summed E-state index contributed by atoms with van der Waals surface area (Å²) < 4.78 is 6.57. The predicted molar refractivity (Wildman–Crippen MR) is 58.5 cm³/mol. The first-order valence-electron chi connectivity index (χ1n) is 5.05. The summed E-state index contributed by atoms with van der Waals surface area (Å²) in [6, 6.07) is 3.54. The van der Waals surface area contributed by atoms with Gasteiger partial charge < -0.3 is 4.42 Å². The molecule has 84 valence electrons. The second kappa shape index (κ2) is 4.22. The number of aryl methyl sites for hydroxylation is 1. The molecule has 1 N–H and O–H groups in total. The Morgan fingerprint density at radius 3 is 2.88 bits per heavy atom. The van der Waals surface area contributed by atoms with Gasteiger partial charge in [-0.2, -0.15) is 0 Å². The van der Waals surface area contributed by atoms with Crippen LogP contribution in [0.2, 0.25) is 0 Å². The molecule has 0 saturated heterocycles. The summed E-state index contributed by atoms with van der Waals surface area (Å²) in [6.07, 6.45) is 3.71. The molecule has 0 aromatic carbocycles. The van der Waals surface area contributed by atoms with Gasteiger partial charge in [0.05, 0.1) is 12.8 Å². The summed E-state index contributed by atoms with van der Waals surface area (Å²) in [5, 5.41) is 0. The molecule has 0 radical (unpaired) electrons. The van der Waals surface area contributed by atoms with Crippen molar-refractivity contribution in [3.05, 3.63) is 56.8 Å². The van der Waals surface area contributed by atoms with Crippen LogP contribution < -0.4 is 11.2 Å². The Kier molecular flexibility index (Phi) is 2.76. The number of hydrogen-bond acceptors (Lipinski definition) is 3. The van der Waals surface area contributed by atoms with Gasteiger partial charge in [-0.1, -0.05) is 6.92 Å². The Hall–Kier alpha value is -2.04. The van der Waals surface area contributed by atoms with Gasteiger partial charge in [0, 0.05) is 11.8 Å². The number of aromatic nitrogens is 2. The van der Waals surface area contributed by atoms with Gasteiger partial charge in [0.1, 0.15) is 5.76 Å². The molecule has 0 unspecified atom stereocenters. The second-order valence-electron chi connectivity index (χ2n) is 3.47. The van der Waals surface area contributed by atoms with E-state index in [1.54, 1.807) is 24.6 Å². The van der Waals surface area contributed by atoms with Crippen LogP contribution in [0.4, 0.5) is 0 Å². The van der Waals surface area contributed by atoms with Crippen LogP contribution in [0.5, 0.6) is 0 Å². The first-order valence-corrected chi connectivity index (χ1v) is 5.05. The zero-order valence-corrected chi connectivity index (χ0v) is 8.90. The molecule has 5 nitrogen and oxygen atoms in total. The zero-order chi connectivity index (χ0) is 11.5. The van der Waals surface area contributed by atoms with E-state index in [1.807, 2.05) is 6.92 Å². The minimum Gasteiger partial charge on any atom is -0.467 e. The molecule has 0 bridgehead atoms. The summed E-state index contributed by atoms with van der Waals surface area (Å²) in [6.45, 7) is 2.20. The van der Waals surface area contributed by atoms with Crippen LogP contribution in [-0.4, -0.2) is 9.55 Å². The smallest absolute Gasteiger partial charge is 0.328 e. The third kappa shape index (κ3) is 1.98. The van der Waals surface area contributed by atoms with Crippen molar-refractivity contribution in [2.75, 3.05) is 0 Å². The predicted octanol–water partition coefficient (Wildman–Crippen LogP) is 0.740. The molecule has 0 aliphatic carbocycles. The van der Waals surface area contributed by atoms with Crippen molar-refractivity contribution in [1.29, 1.82) is 0 Å². The van der Waals surface area contributed by atoms with Crippen LogP contribution in [0.3, 0.4) is 0 Å². The number of hydrogen-bond donors (Lipinski definition) is 1. The van der Waals surface area contributed by atoms with E-state index in [9.17, 15) is 9.59 Å².